The van der Waals surface area contributed by atoms with E-state index in [0.717, 1.165) is 6.07 Å². The smallest absolute Gasteiger partial charge is 0.131 e. The average Bonchev–Trinajstić information content (AvgIpc) is 2.03. The maximum absolute atomic E-state index is 13.0. The molecule has 1 rings (SSSR count). The quantitative estimate of drug-likeness (QED) is 0.692. The van der Waals surface area contributed by atoms with Gasteiger partial charge in [-0.25, -0.2) is 4.39 Å². The Morgan fingerprint density at radius 2 is 2.25 bits per heavy atom. The first kappa shape index (κ1) is 8.54. The minimum Gasteiger partial charge on any atom is -0.508 e. The van der Waals surface area contributed by atoms with Crippen molar-refractivity contribution in [2.24, 2.45) is 0 Å². The van der Waals surface area contributed by atoms with Gasteiger partial charge in [0.2, 0.25) is 0 Å². The Kier molecular flexibility index (Phi) is 2.29. The monoisotopic (exact) mass is 165 g/mol. The summed E-state index contributed by atoms with van der Waals surface area (Å²) in [7, 11) is 0. The molecule has 0 radical (unpaired) electrons. The van der Waals surface area contributed by atoms with Crippen molar-refractivity contribution >= 4 is 0 Å². The molecule has 1 N–H and O–H groups in total. The van der Waals surface area contributed by atoms with Crippen LogP contribution < -0.4 is 0 Å². The lowest BCUT2D eigenvalue weighted by Crippen LogP contribution is -1.93. The van der Waals surface area contributed by atoms with Gasteiger partial charge in [-0.2, -0.15) is 5.26 Å². The van der Waals surface area contributed by atoms with Gasteiger partial charge in [0, 0.05) is 11.6 Å². The Hall–Kier alpha value is -1.56. The highest BCUT2D eigenvalue weighted by Crippen LogP contribution is 2.21. The van der Waals surface area contributed by atoms with Gasteiger partial charge in [-0.15, -0.1) is 0 Å². The second-order valence-electron chi connectivity index (χ2n) is 2.56. The molecular weight excluding hydrogens is 157 g/mol. The summed E-state index contributed by atoms with van der Waals surface area (Å²) in [6, 6.07) is 5.71. The number of aromatic hydroxyl groups is 1. The van der Waals surface area contributed by atoms with Gasteiger partial charge in [0.1, 0.15) is 11.6 Å². The number of hydrogen-bond donors (Lipinski definition) is 1. The van der Waals surface area contributed by atoms with E-state index in [1.165, 1.54) is 12.1 Å². The molecule has 1 unspecified atom stereocenters. The lowest BCUT2D eigenvalue weighted by atomic mass is 10.0. The Morgan fingerprint density at radius 3 is 2.75 bits per heavy atom. The van der Waals surface area contributed by atoms with E-state index in [-0.39, 0.29) is 5.75 Å². The summed E-state index contributed by atoms with van der Waals surface area (Å²) in [5.74, 6) is -1.14. The summed E-state index contributed by atoms with van der Waals surface area (Å²) in [6.45, 7) is 1.61. The predicted molar refractivity (Wildman–Crippen MR) is 42.1 cm³/mol. The molecule has 0 aromatic heterocycles. The van der Waals surface area contributed by atoms with Gasteiger partial charge in [-0.05, 0) is 13.0 Å². The number of phenolic OH excluding ortho intramolecular Hbond substituents is 1. The van der Waals surface area contributed by atoms with Crippen LogP contribution in [-0.4, -0.2) is 5.11 Å². The topological polar surface area (TPSA) is 44.0 Å². The molecular formula is C9H8FNO. The SMILES string of the molecule is CC(C#N)c1ccc(O)cc1F. The summed E-state index contributed by atoms with van der Waals surface area (Å²) < 4.78 is 13.0. The second kappa shape index (κ2) is 3.22. The van der Waals surface area contributed by atoms with E-state index < -0.39 is 11.7 Å². The van der Waals surface area contributed by atoms with Crippen molar-refractivity contribution in [1.82, 2.24) is 0 Å². The molecule has 2 nitrogen and oxygen atoms in total. The maximum Gasteiger partial charge on any atom is 0.131 e. The summed E-state index contributed by atoms with van der Waals surface area (Å²) in [5.41, 5.74) is 0.315. The third-order valence-electron chi connectivity index (χ3n) is 1.64. The minimum atomic E-state index is -0.538. The van der Waals surface area contributed by atoms with Crippen LogP contribution in [0, 0.1) is 17.1 Å². The van der Waals surface area contributed by atoms with E-state index in [0.29, 0.717) is 5.56 Å². The fraction of sp³-hybridized carbons (Fsp3) is 0.222. The van der Waals surface area contributed by atoms with Gasteiger partial charge in [0.25, 0.3) is 0 Å². The lowest BCUT2D eigenvalue weighted by Gasteiger charge is -2.03. The van der Waals surface area contributed by atoms with Crippen LogP contribution in [0.1, 0.15) is 18.4 Å². The van der Waals surface area contributed by atoms with Gasteiger partial charge < -0.3 is 5.11 Å². The summed E-state index contributed by atoms with van der Waals surface area (Å²) in [5, 5.41) is 17.4. The molecule has 1 aromatic rings. The first-order chi connectivity index (χ1) is 5.65. The molecule has 3 heteroatoms. The van der Waals surface area contributed by atoms with E-state index in [4.69, 9.17) is 10.4 Å². The normalized spacial score (nSPS) is 12.1. The largest absolute Gasteiger partial charge is 0.508 e. The van der Waals surface area contributed by atoms with E-state index in [9.17, 15) is 4.39 Å². The van der Waals surface area contributed by atoms with Crippen LogP contribution in [0.15, 0.2) is 18.2 Å². The number of rotatable bonds is 1. The molecule has 0 bridgehead atoms. The Bertz CT molecular complexity index is 330. The van der Waals surface area contributed by atoms with Gasteiger partial charge >= 0.3 is 0 Å². The van der Waals surface area contributed by atoms with Crippen LogP contribution in [0.2, 0.25) is 0 Å². The minimum absolute atomic E-state index is 0.124. The molecule has 0 aliphatic carbocycles. The number of benzene rings is 1. The average molecular weight is 165 g/mol. The molecule has 12 heavy (non-hydrogen) atoms. The molecule has 0 saturated carbocycles. The first-order valence-corrected chi connectivity index (χ1v) is 3.53. The molecule has 0 fully saturated rings. The van der Waals surface area contributed by atoms with Crippen molar-refractivity contribution < 1.29 is 9.50 Å². The summed E-state index contributed by atoms with van der Waals surface area (Å²) >= 11 is 0. The van der Waals surface area contributed by atoms with Gasteiger partial charge in [-0.3, -0.25) is 0 Å². The Morgan fingerprint density at radius 1 is 1.58 bits per heavy atom. The van der Waals surface area contributed by atoms with Crippen molar-refractivity contribution in [2.45, 2.75) is 12.8 Å². The molecule has 0 aliphatic heterocycles. The van der Waals surface area contributed by atoms with Crippen LogP contribution >= 0.6 is 0 Å². The zero-order valence-corrected chi connectivity index (χ0v) is 6.58. The Balaban J connectivity index is 3.11. The van der Waals surface area contributed by atoms with Crippen LogP contribution in [0.25, 0.3) is 0 Å². The van der Waals surface area contributed by atoms with E-state index in [1.54, 1.807) is 6.92 Å². The van der Waals surface area contributed by atoms with Crippen molar-refractivity contribution in [3.05, 3.63) is 29.6 Å². The highest BCUT2D eigenvalue weighted by atomic mass is 19.1. The molecule has 0 heterocycles. The number of halogens is 1. The van der Waals surface area contributed by atoms with E-state index >= 15 is 0 Å². The van der Waals surface area contributed by atoms with Crippen molar-refractivity contribution in [2.75, 3.05) is 0 Å². The van der Waals surface area contributed by atoms with E-state index in [1.807, 2.05) is 6.07 Å². The summed E-state index contributed by atoms with van der Waals surface area (Å²) in [4.78, 5) is 0. The third-order valence-corrected chi connectivity index (χ3v) is 1.64. The second-order valence-corrected chi connectivity index (χ2v) is 2.56. The highest BCUT2D eigenvalue weighted by Gasteiger charge is 2.09. The van der Waals surface area contributed by atoms with Crippen LogP contribution in [0.5, 0.6) is 5.75 Å². The number of phenols is 1. The maximum atomic E-state index is 13.0. The fourth-order valence-electron chi connectivity index (χ4n) is 0.937. The molecule has 1 atom stereocenters. The zero-order chi connectivity index (χ0) is 9.14. The fourth-order valence-corrected chi connectivity index (χ4v) is 0.937. The third kappa shape index (κ3) is 1.54. The standard InChI is InChI=1S/C9H8FNO/c1-6(5-11)8-3-2-7(12)4-9(8)10/h2-4,6,12H,1H3. The van der Waals surface area contributed by atoms with Crippen molar-refractivity contribution in [3.63, 3.8) is 0 Å². The van der Waals surface area contributed by atoms with Crippen LogP contribution in [0.4, 0.5) is 4.39 Å². The molecule has 1 aromatic carbocycles. The molecule has 0 saturated heterocycles. The predicted octanol–water partition coefficient (Wildman–Crippen LogP) is 2.16. The van der Waals surface area contributed by atoms with Crippen molar-refractivity contribution in [3.8, 4) is 11.8 Å². The van der Waals surface area contributed by atoms with Crippen LogP contribution in [0.3, 0.4) is 0 Å². The number of nitriles is 1. The lowest BCUT2D eigenvalue weighted by molar-refractivity contribution is 0.467. The van der Waals surface area contributed by atoms with Crippen LogP contribution in [-0.2, 0) is 0 Å². The van der Waals surface area contributed by atoms with Gasteiger partial charge in [0.05, 0.1) is 12.0 Å². The molecule has 0 amide bonds. The first-order valence-electron chi connectivity index (χ1n) is 3.53. The van der Waals surface area contributed by atoms with Crippen molar-refractivity contribution in [1.29, 1.82) is 5.26 Å². The molecule has 0 aliphatic rings. The van der Waals surface area contributed by atoms with E-state index in [2.05, 4.69) is 0 Å². The Labute approximate surface area is 69.9 Å². The highest BCUT2D eigenvalue weighted by molar-refractivity contribution is 5.32. The number of nitrogens with zero attached hydrogens (tertiary/aromatic N) is 1. The number of hydrogen-bond acceptors (Lipinski definition) is 2. The van der Waals surface area contributed by atoms with Gasteiger partial charge in [0.15, 0.2) is 0 Å². The zero-order valence-electron chi connectivity index (χ0n) is 6.58. The molecule has 62 valence electrons. The van der Waals surface area contributed by atoms with Gasteiger partial charge in [-0.1, -0.05) is 6.07 Å². The molecule has 0 spiro atoms. The summed E-state index contributed by atoms with van der Waals surface area (Å²) in [6.07, 6.45) is 0.